The third kappa shape index (κ3) is 4.43. The first-order chi connectivity index (χ1) is 12.1. The van der Waals surface area contributed by atoms with Crippen LogP contribution in [-0.4, -0.2) is 44.7 Å². The zero-order valence-corrected chi connectivity index (χ0v) is 15.1. The number of rotatable bonds is 8. The van der Waals surface area contributed by atoms with Gasteiger partial charge in [-0.05, 0) is 41.9 Å². The van der Waals surface area contributed by atoms with Gasteiger partial charge in [0.05, 0.1) is 25.9 Å². The van der Waals surface area contributed by atoms with E-state index in [-0.39, 0.29) is 11.5 Å². The number of hydrogen-bond acceptors (Lipinski definition) is 4. The van der Waals surface area contributed by atoms with Crippen molar-refractivity contribution in [3.63, 3.8) is 0 Å². The molecule has 0 saturated carbocycles. The van der Waals surface area contributed by atoms with Gasteiger partial charge in [-0.25, -0.2) is 0 Å². The molecule has 2 heterocycles. The number of epoxide rings is 2. The summed E-state index contributed by atoms with van der Waals surface area (Å²) < 4.78 is 22.0. The molecule has 0 radical (unpaired) electrons. The molecule has 2 aliphatic heterocycles. The minimum absolute atomic E-state index is 0.0964. The zero-order chi connectivity index (χ0) is 17.3. The van der Waals surface area contributed by atoms with Crippen LogP contribution in [0, 0.1) is 11.3 Å². The molecule has 2 fully saturated rings. The van der Waals surface area contributed by atoms with E-state index in [1.54, 1.807) is 0 Å². The van der Waals surface area contributed by atoms with Crippen LogP contribution in [0.15, 0.2) is 47.8 Å². The van der Waals surface area contributed by atoms with Crippen molar-refractivity contribution in [2.45, 2.75) is 45.0 Å². The van der Waals surface area contributed by atoms with E-state index in [0.717, 1.165) is 31.8 Å². The molecule has 4 heteroatoms. The quantitative estimate of drug-likeness (QED) is 0.632. The van der Waals surface area contributed by atoms with E-state index in [9.17, 15) is 0 Å². The van der Waals surface area contributed by atoms with E-state index in [1.165, 1.54) is 5.57 Å². The third-order valence-electron chi connectivity index (χ3n) is 5.53. The SMILES string of the molecule is CC(C)(C1=CCC(OCC2CO2)C=C1)C1C=CC(OCC2CO2)=CC1. The van der Waals surface area contributed by atoms with E-state index >= 15 is 0 Å². The van der Waals surface area contributed by atoms with Crippen LogP contribution in [0.25, 0.3) is 0 Å². The van der Waals surface area contributed by atoms with Crippen LogP contribution >= 0.6 is 0 Å². The van der Waals surface area contributed by atoms with Gasteiger partial charge in [-0.1, -0.05) is 38.2 Å². The Morgan fingerprint density at radius 2 is 1.76 bits per heavy atom. The Morgan fingerprint density at radius 1 is 1.00 bits per heavy atom. The topological polar surface area (TPSA) is 43.5 Å². The van der Waals surface area contributed by atoms with Gasteiger partial charge in [0, 0.05) is 0 Å². The van der Waals surface area contributed by atoms with Crippen molar-refractivity contribution in [1.82, 2.24) is 0 Å². The van der Waals surface area contributed by atoms with Gasteiger partial charge in [0.15, 0.2) is 0 Å². The summed E-state index contributed by atoms with van der Waals surface area (Å²) in [6.45, 7) is 7.74. The molecule has 4 aliphatic rings. The van der Waals surface area contributed by atoms with Crippen LogP contribution in [0.4, 0.5) is 0 Å². The lowest BCUT2D eigenvalue weighted by atomic mass is 9.69. The highest BCUT2D eigenvalue weighted by Gasteiger charge is 2.33. The van der Waals surface area contributed by atoms with E-state index in [4.69, 9.17) is 18.9 Å². The van der Waals surface area contributed by atoms with Crippen molar-refractivity contribution in [1.29, 1.82) is 0 Å². The average Bonchev–Trinajstić information content (AvgIpc) is 3.54. The highest BCUT2D eigenvalue weighted by atomic mass is 16.6. The number of ether oxygens (including phenoxy) is 4. The maximum Gasteiger partial charge on any atom is 0.117 e. The maximum absolute atomic E-state index is 5.87. The van der Waals surface area contributed by atoms with Crippen LogP contribution in [-0.2, 0) is 18.9 Å². The molecule has 0 aromatic rings. The molecule has 4 rings (SSSR count). The lowest BCUT2D eigenvalue weighted by Crippen LogP contribution is -2.27. The highest BCUT2D eigenvalue weighted by Crippen LogP contribution is 2.42. The van der Waals surface area contributed by atoms with Crippen LogP contribution in [0.1, 0.15) is 26.7 Å². The van der Waals surface area contributed by atoms with Crippen molar-refractivity contribution in [3.8, 4) is 0 Å². The molecule has 4 atom stereocenters. The Hall–Kier alpha value is -1.36. The fraction of sp³-hybridized carbons (Fsp3) is 0.619. The second kappa shape index (κ2) is 7.10. The van der Waals surface area contributed by atoms with Crippen LogP contribution in [0.5, 0.6) is 0 Å². The Balaban J connectivity index is 1.29. The van der Waals surface area contributed by atoms with Crippen molar-refractivity contribution in [3.05, 3.63) is 47.8 Å². The van der Waals surface area contributed by atoms with Gasteiger partial charge in [0.2, 0.25) is 0 Å². The molecule has 25 heavy (non-hydrogen) atoms. The smallest absolute Gasteiger partial charge is 0.117 e. The Morgan fingerprint density at radius 3 is 2.36 bits per heavy atom. The van der Waals surface area contributed by atoms with Gasteiger partial charge in [0.1, 0.15) is 24.6 Å². The molecule has 136 valence electrons. The summed E-state index contributed by atoms with van der Waals surface area (Å²) in [6.07, 6.45) is 16.2. The van der Waals surface area contributed by atoms with Crippen molar-refractivity contribution in [2.24, 2.45) is 11.3 Å². The summed E-state index contributed by atoms with van der Waals surface area (Å²) in [5.74, 6) is 1.46. The molecular formula is C21H28O4. The van der Waals surface area contributed by atoms with Gasteiger partial charge < -0.3 is 18.9 Å². The first-order valence-electron chi connectivity index (χ1n) is 9.36. The Bertz CT molecular complexity index is 605. The van der Waals surface area contributed by atoms with E-state index in [0.29, 0.717) is 31.3 Å². The summed E-state index contributed by atoms with van der Waals surface area (Å²) >= 11 is 0. The summed E-state index contributed by atoms with van der Waals surface area (Å²) in [7, 11) is 0. The van der Waals surface area contributed by atoms with Gasteiger partial charge in [-0.2, -0.15) is 0 Å². The van der Waals surface area contributed by atoms with Crippen LogP contribution < -0.4 is 0 Å². The first-order valence-corrected chi connectivity index (χ1v) is 9.36. The lowest BCUT2D eigenvalue weighted by Gasteiger charge is -2.36. The minimum atomic E-state index is 0.0964. The molecule has 0 N–H and O–H groups in total. The zero-order valence-electron chi connectivity index (χ0n) is 15.1. The predicted molar refractivity (Wildman–Crippen MR) is 96.1 cm³/mol. The molecule has 4 unspecified atom stereocenters. The molecule has 0 bridgehead atoms. The largest absolute Gasteiger partial charge is 0.491 e. The van der Waals surface area contributed by atoms with Crippen LogP contribution in [0.3, 0.4) is 0 Å². The Labute approximate surface area is 150 Å². The average molecular weight is 344 g/mol. The molecule has 2 aliphatic carbocycles. The normalized spacial score (nSPS) is 33.7. The molecule has 4 nitrogen and oxygen atoms in total. The molecular weight excluding hydrogens is 316 g/mol. The molecule has 0 aromatic heterocycles. The van der Waals surface area contributed by atoms with Gasteiger partial charge in [0.25, 0.3) is 0 Å². The predicted octanol–water partition coefficient (Wildman–Crippen LogP) is 3.56. The van der Waals surface area contributed by atoms with Gasteiger partial charge in [-0.15, -0.1) is 0 Å². The molecule has 0 aromatic carbocycles. The summed E-state index contributed by atoms with van der Waals surface area (Å²) in [5, 5.41) is 0. The van der Waals surface area contributed by atoms with E-state index in [1.807, 2.05) is 0 Å². The fourth-order valence-corrected chi connectivity index (χ4v) is 3.41. The monoisotopic (exact) mass is 344 g/mol. The molecule has 2 saturated heterocycles. The van der Waals surface area contributed by atoms with Gasteiger partial charge in [-0.3, -0.25) is 0 Å². The van der Waals surface area contributed by atoms with E-state index < -0.39 is 0 Å². The third-order valence-corrected chi connectivity index (χ3v) is 5.53. The highest BCUT2D eigenvalue weighted by molar-refractivity contribution is 5.33. The van der Waals surface area contributed by atoms with E-state index in [2.05, 4.69) is 50.3 Å². The summed E-state index contributed by atoms with van der Waals surface area (Å²) in [6, 6.07) is 0. The van der Waals surface area contributed by atoms with Crippen molar-refractivity contribution < 1.29 is 18.9 Å². The standard InChI is InChI=1S/C21H28O4/c1-21(2,15-3-7-17(8-4-15)22-11-19-13-24-19)16-5-9-18(10-6-16)23-12-20-14-25-20/h3-5,7,9-10,16-17,19-20H,6,8,11-14H2,1-2H3. The first kappa shape index (κ1) is 17.1. The molecule has 0 amide bonds. The van der Waals surface area contributed by atoms with Crippen LogP contribution in [0.2, 0.25) is 0 Å². The summed E-state index contributed by atoms with van der Waals surface area (Å²) in [5.41, 5.74) is 1.49. The fourth-order valence-electron chi connectivity index (χ4n) is 3.41. The van der Waals surface area contributed by atoms with Crippen molar-refractivity contribution in [2.75, 3.05) is 26.4 Å². The maximum atomic E-state index is 5.87. The second-order valence-electron chi connectivity index (χ2n) is 7.88. The van der Waals surface area contributed by atoms with Crippen molar-refractivity contribution >= 4 is 0 Å². The summed E-state index contributed by atoms with van der Waals surface area (Å²) in [4.78, 5) is 0. The van der Waals surface area contributed by atoms with Gasteiger partial charge >= 0.3 is 0 Å². The number of allylic oxidation sites excluding steroid dienone is 5. The Kier molecular flexibility index (Phi) is 4.85. The lowest BCUT2D eigenvalue weighted by molar-refractivity contribution is 0.0725. The second-order valence-corrected chi connectivity index (χ2v) is 7.88. The molecule has 0 spiro atoms. The minimum Gasteiger partial charge on any atom is -0.491 e. The number of hydrogen-bond donors (Lipinski definition) is 0.